The van der Waals surface area contributed by atoms with Gasteiger partial charge in [0.05, 0.1) is 29.1 Å². The number of nitrogens with one attached hydrogen (secondary N) is 1. The molecule has 0 aliphatic carbocycles. The largest absolute Gasteiger partial charge is 0.479 e. The van der Waals surface area contributed by atoms with Crippen LogP contribution in [0.4, 0.5) is 8.78 Å². The van der Waals surface area contributed by atoms with E-state index in [0.717, 1.165) is 12.1 Å². The molecule has 9 heteroatoms. The van der Waals surface area contributed by atoms with Crippen molar-refractivity contribution in [2.24, 2.45) is 0 Å². The number of benzene rings is 2. The van der Waals surface area contributed by atoms with Crippen molar-refractivity contribution in [1.82, 2.24) is 15.3 Å². The Morgan fingerprint density at radius 2 is 1.74 bits per heavy atom. The lowest BCUT2D eigenvalue weighted by atomic mass is 9.94. The van der Waals surface area contributed by atoms with Crippen molar-refractivity contribution < 1.29 is 28.6 Å². The Balaban J connectivity index is 1.76. The third kappa shape index (κ3) is 3.64. The number of fused-ring (bicyclic) bond motifs is 1. The number of carbonyl (C=O) groups excluding carboxylic acids is 1. The molecule has 0 fully saturated rings. The number of aliphatic carboxylic acids is 1. The molecule has 0 spiro atoms. The number of rotatable bonds is 5. The summed E-state index contributed by atoms with van der Waals surface area (Å²) in [4.78, 5) is 32.0. The first kappa shape index (κ1) is 20.5. The van der Waals surface area contributed by atoms with Crippen LogP contribution in [0, 0.1) is 11.6 Å². The lowest BCUT2D eigenvalue weighted by molar-refractivity contribution is -0.157. The summed E-state index contributed by atoms with van der Waals surface area (Å²) in [5, 5.41) is 21.9. The molecule has 158 valence electrons. The van der Waals surface area contributed by atoms with E-state index in [-0.39, 0.29) is 47.1 Å². The summed E-state index contributed by atoms with van der Waals surface area (Å²) in [6.45, 7) is 1.29. The minimum atomic E-state index is -2.05. The van der Waals surface area contributed by atoms with Gasteiger partial charge in [-0.1, -0.05) is 30.3 Å². The molecule has 1 amide bonds. The monoisotopic (exact) mass is 425 g/mol. The predicted octanol–water partition coefficient (Wildman–Crippen LogP) is 2.55. The normalized spacial score (nSPS) is 14.6. The lowest BCUT2D eigenvalue weighted by Gasteiger charge is -2.18. The van der Waals surface area contributed by atoms with E-state index in [1.807, 2.05) is 0 Å². The second-order valence-electron chi connectivity index (χ2n) is 7.35. The zero-order chi connectivity index (χ0) is 22.3. The number of hydrogen-bond donors (Lipinski definition) is 3. The van der Waals surface area contributed by atoms with Gasteiger partial charge in [0.25, 0.3) is 5.91 Å². The van der Waals surface area contributed by atoms with Crippen LogP contribution in [-0.2, 0) is 23.4 Å². The summed E-state index contributed by atoms with van der Waals surface area (Å²) in [6, 6.07) is 9.55. The standard InChI is InChI=1S/C22H17F2N3O4/c1-22(31,21(29)30)12-7-5-11(6-8-12)9-15-18-16(10-25-20(18)28)27-19(26-15)17-13(23)3-2-4-14(17)24/h2-8,31H,9-10H2,1H3,(H,25,28)(H,29,30). The molecule has 1 unspecified atom stereocenters. The topological polar surface area (TPSA) is 112 Å². The maximum Gasteiger partial charge on any atom is 0.340 e. The van der Waals surface area contributed by atoms with Crippen molar-refractivity contribution in [2.75, 3.05) is 0 Å². The molecular weight excluding hydrogens is 408 g/mol. The molecule has 3 N–H and O–H groups in total. The number of hydrogen-bond acceptors (Lipinski definition) is 5. The van der Waals surface area contributed by atoms with Crippen LogP contribution in [0.3, 0.4) is 0 Å². The Morgan fingerprint density at radius 3 is 2.35 bits per heavy atom. The van der Waals surface area contributed by atoms with Crippen LogP contribution in [0.1, 0.15) is 39.8 Å². The number of nitrogens with zero attached hydrogens (tertiary/aromatic N) is 2. The molecule has 2 aromatic carbocycles. The molecule has 0 saturated carbocycles. The number of carbonyl (C=O) groups is 2. The summed E-state index contributed by atoms with van der Waals surface area (Å²) in [6.07, 6.45) is 0.136. The molecule has 1 aromatic heterocycles. The average molecular weight is 425 g/mol. The van der Waals surface area contributed by atoms with E-state index in [1.54, 1.807) is 12.1 Å². The van der Waals surface area contributed by atoms with Crippen LogP contribution >= 0.6 is 0 Å². The number of halogens is 2. The first-order valence-corrected chi connectivity index (χ1v) is 9.36. The maximum absolute atomic E-state index is 14.3. The minimum absolute atomic E-state index is 0.118. The second kappa shape index (κ2) is 7.51. The lowest BCUT2D eigenvalue weighted by Crippen LogP contribution is -2.31. The van der Waals surface area contributed by atoms with Gasteiger partial charge in [-0.3, -0.25) is 4.79 Å². The van der Waals surface area contributed by atoms with Crippen molar-refractivity contribution in [3.63, 3.8) is 0 Å². The predicted molar refractivity (Wildman–Crippen MR) is 105 cm³/mol. The van der Waals surface area contributed by atoms with E-state index >= 15 is 0 Å². The molecule has 1 aliphatic rings. The van der Waals surface area contributed by atoms with Crippen molar-refractivity contribution in [1.29, 1.82) is 0 Å². The van der Waals surface area contributed by atoms with Crippen LogP contribution in [0.5, 0.6) is 0 Å². The Bertz CT molecular complexity index is 1190. The maximum atomic E-state index is 14.3. The van der Waals surface area contributed by atoms with Crippen molar-refractivity contribution in [2.45, 2.75) is 25.5 Å². The molecule has 1 aliphatic heterocycles. The number of aromatic nitrogens is 2. The van der Waals surface area contributed by atoms with Gasteiger partial charge in [0, 0.05) is 6.42 Å². The number of carboxylic acids is 1. The van der Waals surface area contributed by atoms with Gasteiger partial charge in [0.2, 0.25) is 0 Å². The molecular formula is C22H17F2N3O4. The van der Waals surface area contributed by atoms with Crippen molar-refractivity contribution in [3.8, 4) is 11.4 Å². The third-order valence-corrected chi connectivity index (χ3v) is 5.19. The summed E-state index contributed by atoms with van der Waals surface area (Å²) in [5.41, 5.74) is -0.701. The first-order valence-electron chi connectivity index (χ1n) is 9.36. The van der Waals surface area contributed by atoms with Gasteiger partial charge in [0.15, 0.2) is 11.4 Å². The van der Waals surface area contributed by atoms with Gasteiger partial charge < -0.3 is 15.5 Å². The van der Waals surface area contributed by atoms with E-state index in [0.29, 0.717) is 11.3 Å². The summed E-state index contributed by atoms with van der Waals surface area (Å²) >= 11 is 0. The SMILES string of the molecule is CC(O)(C(=O)O)c1ccc(Cc2nc(-c3c(F)cccc3F)nc3c2C(=O)NC3)cc1. The molecule has 1 atom stereocenters. The quantitative estimate of drug-likeness (QED) is 0.579. The fourth-order valence-corrected chi connectivity index (χ4v) is 3.42. The zero-order valence-corrected chi connectivity index (χ0v) is 16.3. The average Bonchev–Trinajstić information content (AvgIpc) is 3.09. The Morgan fingerprint density at radius 1 is 1.10 bits per heavy atom. The van der Waals surface area contributed by atoms with Gasteiger partial charge in [0.1, 0.15) is 11.6 Å². The number of aliphatic hydroxyl groups is 1. The molecule has 0 radical (unpaired) electrons. The van der Waals surface area contributed by atoms with Crippen LogP contribution < -0.4 is 5.32 Å². The molecule has 31 heavy (non-hydrogen) atoms. The highest BCUT2D eigenvalue weighted by atomic mass is 19.1. The van der Waals surface area contributed by atoms with Gasteiger partial charge in [-0.25, -0.2) is 23.5 Å². The zero-order valence-electron chi connectivity index (χ0n) is 16.3. The van der Waals surface area contributed by atoms with Gasteiger partial charge in [-0.2, -0.15) is 0 Å². The Kier molecular flexibility index (Phi) is 4.98. The molecule has 0 bridgehead atoms. The highest BCUT2D eigenvalue weighted by Crippen LogP contribution is 2.28. The van der Waals surface area contributed by atoms with Gasteiger partial charge >= 0.3 is 5.97 Å². The number of amides is 1. The second-order valence-corrected chi connectivity index (χ2v) is 7.35. The van der Waals surface area contributed by atoms with Crippen LogP contribution in [0.25, 0.3) is 11.4 Å². The summed E-state index contributed by atoms with van der Waals surface area (Å²) in [7, 11) is 0. The van der Waals surface area contributed by atoms with Crippen LogP contribution in [0.2, 0.25) is 0 Å². The highest BCUT2D eigenvalue weighted by Gasteiger charge is 2.32. The van der Waals surface area contributed by atoms with Crippen LogP contribution in [0.15, 0.2) is 42.5 Å². The summed E-state index contributed by atoms with van der Waals surface area (Å²) in [5.74, 6) is -3.56. The molecule has 2 heterocycles. The third-order valence-electron chi connectivity index (χ3n) is 5.19. The Hall–Kier alpha value is -3.72. The van der Waals surface area contributed by atoms with Crippen molar-refractivity contribution >= 4 is 11.9 Å². The molecule has 7 nitrogen and oxygen atoms in total. The van der Waals surface area contributed by atoms with E-state index in [9.17, 15) is 23.5 Å². The Labute approximate surface area is 175 Å². The highest BCUT2D eigenvalue weighted by molar-refractivity contribution is 5.99. The van der Waals surface area contributed by atoms with Gasteiger partial charge in [-0.05, 0) is 30.2 Å². The first-order chi connectivity index (χ1) is 14.7. The smallest absolute Gasteiger partial charge is 0.340 e. The van der Waals surface area contributed by atoms with E-state index in [2.05, 4.69) is 15.3 Å². The number of carboxylic acid groups (broad SMARTS) is 1. The van der Waals surface area contributed by atoms with Gasteiger partial charge in [-0.15, -0.1) is 0 Å². The van der Waals surface area contributed by atoms with E-state index in [4.69, 9.17) is 5.11 Å². The molecule has 4 rings (SSSR count). The van der Waals surface area contributed by atoms with Crippen LogP contribution in [-0.4, -0.2) is 32.1 Å². The van der Waals surface area contributed by atoms with E-state index < -0.39 is 23.2 Å². The molecule has 0 saturated heterocycles. The fourth-order valence-electron chi connectivity index (χ4n) is 3.42. The fraction of sp³-hybridized carbons (Fsp3) is 0.182. The molecule has 3 aromatic rings. The summed E-state index contributed by atoms with van der Waals surface area (Å²) < 4.78 is 28.5. The van der Waals surface area contributed by atoms with E-state index in [1.165, 1.54) is 25.1 Å². The minimum Gasteiger partial charge on any atom is -0.479 e. The van der Waals surface area contributed by atoms with Crippen molar-refractivity contribution in [3.05, 3.63) is 82.2 Å².